The van der Waals surface area contributed by atoms with Crippen molar-refractivity contribution in [1.82, 2.24) is 0 Å². The largest absolute Gasteiger partial charge is 0.504 e. The molecule has 47 heavy (non-hydrogen) atoms. The number of esters is 1. The maximum Gasteiger partial charge on any atom is 0.333 e. The third-order valence-electron chi connectivity index (χ3n) is 7.91. The Hall–Kier alpha value is -2.57. The van der Waals surface area contributed by atoms with E-state index in [1.54, 1.807) is 0 Å². The molecular weight excluding hydrogens is 640 g/mol. The van der Waals surface area contributed by atoms with Crippen LogP contribution in [0.4, 0.5) is 0 Å². The lowest BCUT2D eigenvalue weighted by molar-refractivity contribution is -0.367. The molecule has 3 aliphatic rings. The van der Waals surface area contributed by atoms with Crippen LogP contribution in [0.5, 0.6) is 11.5 Å². The minimum atomic E-state index is -1.99. The first kappa shape index (κ1) is 37.3. The molecule has 0 spiro atoms. The second kappa shape index (κ2) is 16.2. The molecule has 3 fully saturated rings. The molecule has 3 aliphatic heterocycles. The molecule has 0 aliphatic carbocycles. The van der Waals surface area contributed by atoms with E-state index in [0.717, 1.165) is 6.08 Å². The van der Waals surface area contributed by atoms with Crippen LogP contribution in [-0.4, -0.2) is 181 Å². The summed E-state index contributed by atoms with van der Waals surface area (Å²) in [7, 11) is 1.33. The maximum absolute atomic E-state index is 12.7. The highest BCUT2D eigenvalue weighted by molar-refractivity contribution is 5.87. The first-order valence-electron chi connectivity index (χ1n) is 14.5. The average molecular weight is 681 g/mol. The molecule has 3 saturated heterocycles. The fourth-order valence-corrected chi connectivity index (χ4v) is 5.13. The van der Waals surface area contributed by atoms with Gasteiger partial charge in [-0.25, -0.2) is 4.79 Å². The lowest BCUT2D eigenvalue weighted by Gasteiger charge is -2.46. The Bertz CT molecular complexity index is 1200. The van der Waals surface area contributed by atoms with Crippen molar-refractivity contribution < 1.29 is 94.1 Å². The zero-order valence-corrected chi connectivity index (χ0v) is 24.9. The van der Waals surface area contributed by atoms with Gasteiger partial charge in [-0.3, -0.25) is 0 Å². The summed E-state index contributed by atoms with van der Waals surface area (Å²) in [5, 5.41) is 112. The SMILES string of the molecule is COc1cc(/C=C/C(=O)O[C@@H]2O[C@H](CO)[C@@H](O)[C@H](O)[C@H]2O[C@@H]2O[C@H](CO[C@@H]3O[C@H](CO)[C@@H](O)[C@H](O)[C@H]3O)[C@@H](O)[C@H](O)[C@H]2O)ccc1O. The number of carbonyl (C=O) groups excluding carboxylic acids is 1. The van der Waals surface area contributed by atoms with Crippen molar-refractivity contribution in [3.63, 3.8) is 0 Å². The first-order chi connectivity index (χ1) is 22.3. The Morgan fingerprint density at radius 3 is 1.91 bits per heavy atom. The zero-order chi connectivity index (χ0) is 34.6. The lowest BCUT2D eigenvalue weighted by Crippen LogP contribution is -2.65. The summed E-state index contributed by atoms with van der Waals surface area (Å²) in [5.41, 5.74) is 0.418. The minimum absolute atomic E-state index is 0.128. The van der Waals surface area contributed by atoms with Gasteiger partial charge >= 0.3 is 5.97 Å². The van der Waals surface area contributed by atoms with Crippen LogP contribution in [0.1, 0.15) is 5.56 Å². The number of ether oxygens (including phenoxy) is 7. The molecule has 0 radical (unpaired) electrons. The van der Waals surface area contributed by atoms with Crippen molar-refractivity contribution in [3.05, 3.63) is 29.8 Å². The summed E-state index contributed by atoms with van der Waals surface area (Å²) < 4.78 is 37.5. The molecule has 11 N–H and O–H groups in total. The molecule has 0 unspecified atom stereocenters. The van der Waals surface area contributed by atoms with Crippen molar-refractivity contribution in [1.29, 1.82) is 0 Å². The second-order valence-corrected chi connectivity index (χ2v) is 11.1. The van der Waals surface area contributed by atoms with Crippen LogP contribution in [0.3, 0.4) is 0 Å². The van der Waals surface area contributed by atoms with Gasteiger partial charge in [0.05, 0.1) is 26.9 Å². The maximum atomic E-state index is 12.7. The number of aromatic hydroxyl groups is 1. The smallest absolute Gasteiger partial charge is 0.333 e. The number of hydrogen-bond donors (Lipinski definition) is 11. The van der Waals surface area contributed by atoms with Crippen LogP contribution < -0.4 is 4.74 Å². The van der Waals surface area contributed by atoms with Gasteiger partial charge < -0.3 is 89.3 Å². The standard InChI is InChI=1S/C28H40O19/c1-41-12-6-10(2-4-11(12)31)3-5-16(32)46-28-25(22(38)18(34)14(8-30)44-28)47-27-24(40)21(37)19(35)15(45-27)9-42-26-23(39)20(36)17(33)13(7-29)43-26/h2-6,13-15,17-31,33-40H,7-9H2,1H3/b5-3+/t13-,14-,15-,17-,18-,19-,20+,21+,22+,23-,24-,25-,26-,27+,28+/m1/s1. The van der Waals surface area contributed by atoms with Gasteiger partial charge in [0.15, 0.2) is 30.2 Å². The van der Waals surface area contributed by atoms with E-state index in [9.17, 15) is 61.0 Å². The number of methoxy groups -OCH3 is 1. The van der Waals surface area contributed by atoms with E-state index in [2.05, 4.69) is 0 Å². The highest BCUT2D eigenvalue weighted by Crippen LogP contribution is 2.31. The number of aliphatic hydroxyl groups excluding tert-OH is 10. The first-order valence-corrected chi connectivity index (χ1v) is 14.5. The zero-order valence-electron chi connectivity index (χ0n) is 24.9. The Kier molecular flexibility index (Phi) is 12.9. The van der Waals surface area contributed by atoms with Gasteiger partial charge in [-0.15, -0.1) is 0 Å². The van der Waals surface area contributed by atoms with Gasteiger partial charge in [-0.1, -0.05) is 6.07 Å². The Balaban J connectivity index is 1.46. The number of rotatable bonds is 11. The van der Waals surface area contributed by atoms with Crippen molar-refractivity contribution in [2.24, 2.45) is 0 Å². The number of hydrogen-bond acceptors (Lipinski definition) is 19. The second-order valence-electron chi connectivity index (χ2n) is 11.1. The summed E-state index contributed by atoms with van der Waals surface area (Å²) in [4.78, 5) is 12.7. The third kappa shape index (κ3) is 8.36. The van der Waals surface area contributed by atoms with Crippen molar-refractivity contribution >= 4 is 12.0 Å². The fourth-order valence-electron chi connectivity index (χ4n) is 5.13. The van der Waals surface area contributed by atoms with Crippen LogP contribution >= 0.6 is 0 Å². The van der Waals surface area contributed by atoms with Crippen LogP contribution in [0.15, 0.2) is 24.3 Å². The van der Waals surface area contributed by atoms with Gasteiger partial charge in [0, 0.05) is 6.08 Å². The molecule has 1 aromatic carbocycles. The molecule has 4 rings (SSSR count). The molecule has 0 saturated carbocycles. The summed E-state index contributed by atoms with van der Waals surface area (Å²) in [6.45, 7) is -2.24. The molecule has 0 amide bonds. The molecule has 19 nitrogen and oxygen atoms in total. The quantitative estimate of drug-likeness (QED) is 0.0767. The van der Waals surface area contributed by atoms with Gasteiger partial charge in [0.25, 0.3) is 0 Å². The van der Waals surface area contributed by atoms with Crippen LogP contribution in [-0.2, 0) is 33.2 Å². The van der Waals surface area contributed by atoms with Crippen molar-refractivity contribution in [2.45, 2.75) is 92.1 Å². The average Bonchev–Trinajstić information content (AvgIpc) is 3.06. The predicted molar refractivity (Wildman–Crippen MR) is 149 cm³/mol. The Morgan fingerprint density at radius 2 is 1.30 bits per heavy atom. The topological polar surface area (TPSA) is 304 Å². The fraction of sp³-hybridized carbons (Fsp3) is 0.679. The summed E-state index contributed by atoms with van der Waals surface area (Å²) in [6.07, 6.45) is -24.0. The number of aliphatic hydroxyl groups is 10. The summed E-state index contributed by atoms with van der Waals surface area (Å²) in [5.74, 6) is -1.07. The van der Waals surface area contributed by atoms with Crippen molar-refractivity contribution in [3.8, 4) is 11.5 Å². The molecule has 266 valence electrons. The van der Waals surface area contributed by atoms with E-state index in [-0.39, 0.29) is 11.5 Å². The molecule has 19 heteroatoms. The van der Waals surface area contributed by atoms with Crippen LogP contribution in [0.25, 0.3) is 6.08 Å². The van der Waals surface area contributed by atoms with E-state index in [1.165, 1.54) is 31.4 Å². The van der Waals surface area contributed by atoms with E-state index < -0.39 is 118 Å². The van der Waals surface area contributed by atoms with E-state index >= 15 is 0 Å². The Morgan fingerprint density at radius 1 is 0.745 bits per heavy atom. The van der Waals surface area contributed by atoms with E-state index in [4.69, 9.17) is 33.2 Å². The summed E-state index contributed by atoms with van der Waals surface area (Å²) >= 11 is 0. The lowest BCUT2D eigenvalue weighted by atomic mass is 9.97. The third-order valence-corrected chi connectivity index (χ3v) is 7.91. The van der Waals surface area contributed by atoms with Crippen LogP contribution in [0, 0.1) is 0 Å². The minimum Gasteiger partial charge on any atom is -0.504 e. The summed E-state index contributed by atoms with van der Waals surface area (Å²) in [6, 6.07) is 4.21. The number of benzene rings is 1. The molecule has 0 aromatic heterocycles. The Labute approximate surface area is 266 Å². The predicted octanol–water partition coefficient (Wildman–Crippen LogP) is -5.59. The van der Waals surface area contributed by atoms with Gasteiger partial charge in [-0.05, 0) is 23.8 Å². The monoisotopic (exact) mass is 680 g/mol. The number of carbonyl (C=O) groups is 1. The normalized spacial score (nSPS) is 41.1. The van der Waals surface area contributed by atoms with Gasteiger partial charge in [0.1, 0.15) is 67.1 Å². The molecule has 1 aromatic rings. The van der Waals surface area contributed by atoms with Gasteiger partial charge in [-0.2, -0.15) is 0 Å². The van der Waals surface area contributed by atoms with E-state index in [0.29, 0.717) is 5.56 Å². The molecule has 15 atom stereocenters. The van der Waals surface area contributed by atoms with Crippen LogP contribution in [0.2, 0.25) is 0 Å². The highest BCUT2D eigenvalue weighted by Gasteiger charge is 2.52. The number of phenols is 1. The molecular formula is C28H40O19. The molecule has 3 heterocycles. The number of phenolic OH excluding ortho intramolecular Hbond substituents is 1. The highest BCUT2D eigenvalue weighted by atomic mass is 16.8. The molecule has 0 bridgehead atoms. The van der Waals surface area contributed by atoms with E-state index in [1.807, 2.05) is 0 Å². The van der Waals surface area contributed by atoms with Crippen molar-refractivity contribution in [2.75, 3.05) is 26.9 Å². The van der Waals surface area contributed by atoms with Gasteiger partial charge in [0.2, 0.25) is 6.29 Å².